The number of rotatable bonds is 6. The number of hydrogen-bond donors (Lipinski definition) is 1. The minimum atomic E-state index is -0.00468. The van der Waals surface area contributed by atoms with Gasteiger partial charge in [0.05, 0.1) is 11.7 Å². The lowest BCUT2D eigenvalue weighted by Gasteiger charge is -2.43. The van der Waals surface area contributed by atoms with E-state index in [1.807, 2.05) is 16.9 Å². The summed E-state index contributed by atoms with van der Waals surface area (Å²) in [4.78, 5) is 2.25. The molecule has 17 heavy (non-hydrogen) atoms. The highest BCUT2D eigenvalue weighted by atomic mass is 15.3. The fourth-order valence-corrected chi connectivity index (χ4v) is 2.75. The van der Waals surface area contributed by atoms with E-state index in [1.165, 1.54) is 0 Å². The third-order valence-corrected chi connectivity index (χ3v) is 4.06. The molecule has 1 aromatic rings. The second kappa shape index (κ2) is 5.65. The first kappa shape index (κ1) is 14.2. The number of likely N-dealkylation sites (N-methyl/N-ethyl adjacent to an activating group) is 1. The van der Waals surface area contributed by atoms with E-state index in [0.717, 1.165) is 25.1 Å². The van der Waals surface area contributed by atoms with Gasteiger partial charge in [0.1, 0.15) is 0 Å². The molecule has 0 amide bonds. The van der Waals surface area contributed by atoms with Gasteiger partial charge in [-0.15, -0.1) is 0 Å². The zero-order valence-corrected chi connectivity index (χ0v) is 11.8. The molecule has 0 radical (unpaired) electrons. The topological polar surface area (TPSA) is 47.1 Å². The van der Waals surface area contributed by atoms with Crippen LogP contribution in [0.4, 0.5) is 0 Å². The summed E-state index contributed by atoms with van der Waals surface area (Å²) in [6.07, 6.45) is 3.91. The average molecular weight is 238 g/mol. The minimum absolute atomic E-state index is 0.00468. The summed E-state index contributed by atoms with van der Waals surface area (Å²) in [7, 11) is 4.22. The fourth-order valence-electron chi connectivity index (χ4n) is 2.75. The molecule has 0 spiro atoms. The molecule has 0 fully saturated rings. The average Bonchev–Trinajstić information content (AvgIpc) is 2.78. The number of aromatic nitrogens is 2. The maximum atomic E-state index is 6.51. The third kappa shape index (κ3) is 2.38. The first-order valence-corrected chi connectivity index (χ1v) is 6.48. The van der Waals surface area contributed by atoms with Crippen LogP contribution in [0.1, 0.15) is 45.3 Å². The van der Waals surface area contributed by atoms with Crippen LogP contribution in [0.25, 0.3) is 0 Å². The quantitative estimate of drug-likeness (QED) is 0.825. The van der Waals surface area contributed by atoms with E-state index >= 15 is 0 Å². The zero-order chi connectivity index (χ0) is 13.1. The molecule has 1 heterocycles. The Kier molecular flexibility index (Phi) is 4.71. The molecule has 4 nitrogen and oxygen atoms in total. The standard InChI is InChI=1S/C13H26N4/c1-6-13(7-2,16(4)5)12(14)11-9-10-15-17(11)8-3/h9-10,12H,6-8,14H2,1-5H3. The van der Waals surface area contributed by atoms with Gasteiger partial charge in [0.2, 0.25) is 0 Å². The van der Waals surface area contributed by atoms with Crippen LogP contribution < -0.4 is 5.73 Å². The normalized spacial score (nSPS) is 14.3. The van der Waals surface area contributed by atoms with Gasteiger partial charge >= 0.3 is 0 Å². The van der Waals surface area contributed by atoms with Crippen molar-refractivity contribution < 1.29 is 0 Å². The molecule has 1 atom stereocenters. The van der Waals surface area contributed by atoms with Crippen molar-refractivity contribution in [2.24, 2.45) is 5.73 Å². The van der Waals surface area contributed by atoms with E-state index in [4.69, 9.17) is 5.73 Å². The van der Waals surface area contributed by atoms with Crippen molar-refractivity contribution in [3.8, 4) is 0 Å². The van der Waals surface area contributed by atoms with E-state index in [-0.39, 0.29) is 11.6 Å². The van der Waals surface area contributed by atoms with Crippen molar-refractivity contribution in [3.05, 3.63) is 18.0 Å². The monoisotopic (exact) mass is 238 g/mol. The zero-order valence-electron chi connectivity index (χ0n) is 11.8. The van der Waals surface area contributed by atoms with Gasteiger partial charge < -0.3 is 10.6 Å². The predicted molar refractivity (Wildman–Crippen MR) is 71.8 cm³/mol. The van der Waals surface area contributed by atoms with Gasteiger partial charge in [-0.2, -0.15) is 5.10 Å². The fraction of sp³-hybridized carbons (Fsp3) is 0.769. The molecule has 0 saturated carbocycles. The highest BCUT2D eigenvalue weighted by molar-refractivity contribution is 5.14. The van der Waals surface area contributed by atoms with Gasteiger partial charge in [0.25, 0.3) is 0 Å². The van der Waals surface area contributed by atoms with Crippen LogP contribution in [0.15, 0.2) is 12.3 Å². The molecule has 98 valence electrons. The Labute approximate surface area is 105 Å². The second-order valence-corrected chi connectivity index (χ2v) is 4.75. The van der Waals surface area contributed by atoms with Gasteiger partial charge in [-0.05, 0) is 39.9 Å². The Hall–Kier alpha value is -0.870. The SMILES string of the molecule is CCn1nccc1C(N)C(CC)(CC)N(C)C. The molecule has 0 aliphatic carbocycles. The molecule has 2 N–H and O–H groups in total. The molecule has 0 bridgehead atoms. The Morgan fingerprint density at radius 3 is 2.35 bits per heavy atom. The van der Waals surface area contributed by atoms with E-state index in [2.05, 4.69) is 44.9 Å². The van der Waals surface area contributed by atoms with E-state index in [9.17, 15) is 0 Å². The summed E-state index contributed by atoms with van der Waals surface area (Å²) in [5.41, 5.74) is 7.65. The summed E-state index contributed by atoms with van der Waals surface area (Å²) < 4.78 is 1.99. The van der Waals surface area contributed by atoms with Gasteiger partial charge in [0.15, 0.2) is 0 Å². The maximum Gasteiger partial charge on any atom is 0.0653 e. The Bertz CT molecular complexity index is 339. The lowest BCUT2D eigenvalue weighted by Crippen LogP contribution is -2.52. The largest absolute Gasteiger partial charge is 0.321 e. The molecule has 0 aliphatic heterocycles. The lowest BCUT2D eigenvalue weighted by molar-refractivity contribution is 0.102. The smallest absolute Gasteiger partial charge is 0.0653 e. The van der Waals surface area contributed by atoms with Crippen molar-refractivity contribution >= 4 is 0 Å². The van der Waals surface area contributed by atoms with Gasteiger partial charge in [-0.1, -0.05) is 13.8 Å². The van der Waals surface area contributed by atoms with Gasteiger partial charge in [-0.3, -0.25) is 4.68 Å². The van der Waals surface area contributed by atoms with Crippen LogP contribution in [-0.4, -0.2) is 34.3 Å². The van der Waals surface area contributed by atoms with Crippen LogP contribution in [0.2, 0.25) is 0 Å². The third-order valence-electron chi connectivity index (χ3n) is 4.06. The highest BCUT2D eigenvalue weighted by Gasteiger charge is 2.37. The number of aryl methyl sites for hydroxylation is 1. The van der Waals surface area contributed by atoms with E-state index < -0.39 is 0 Å². The van der Waals surface area contributed by atoms with E-state index in [0.29, 0.717) is 0 Å². The summed E-state index contributed by atoms with van der Waals surface area (Å²) in [6, 6.07) is 2.03. The minimum Gasteiger partial charge on any atom is -0.321 e. The molecule has 1 unspecified atom stereocenters. The van der Waals surface area contributed by atoms with Crippen molar-refractivity contribution in [1.29, 1.82) is 0 Å². The molecule has 4 heteroatoms. The lowest BCUT2D eigenvalue weighted by atomic mass is 9.82. The first-order valence-electron chi connectivity index (χ1n) is 6.48. The molecular weight excluding hydrogens is 212 g/mol. The molecule has 0 saturated heterocycles. The van der Waals surface area contributed by atoms with Crippen molar-refractivity contribution in [2.75, 3.05) is 14.1 Å². The second-order valence-electron chi connectivity index (χ2n) is 4.75. The van der Waals surface area contributed by atoms with Crippen molar-refractivity contribution in [2.45, 2.75) is 51.7 Å². The summed E-state index contributed by atoms with van der Waals surface area (Å²) in [5.74, 6) is 0. The van der Waals surface area contributed by atoms with Gasteiger partial charge in [-0.25, -0.2) is 0 Å². The molecule has 1 rings (SSSR count). The summed E-state index contributed by atoms with van der Waals surface area (Å²) in [5, 5.41) is 4.32. The summed E-state index contributed by atoms with van der Waals surface area (Å²) in [6.45, 7) is 7.37. The van der Waals surface area contributed by atoms with Crippen molar-refractivity contribution in [3.63, 3.8) is 0 Å². The predicted octanol–water partition coefficient (Wildman–Crippen LogP) is 2.02. The molecule has 1 aromatic heterocycles. The molecule has 0 aliphatic rings. The molecular formula is C13H26N4. The first-order chi connectivity index (χ1) is 8.03. The van der Waals surface area contributed by atoms with Gasteiger partial charge in [0, 0.05) is 18.3 Å². The number of hydrogen-bond acceptors (Lipinski definition) is 3. The van der Waals surface area contributed by atoms with Crippen LogP contribution in [0.5, 0.6) is 0 Å². The van der Waals surface area contributed by atoms with Crippen LogP contribution in [0, 0.1) is 0 Å². The van der Waals surface area contributed by atoms with Crippen LogP contribution in [0.3, 0.4) is 0 Å². The number of nitrogens with zero attached hydrogens (tertiary/aromatic N) is 3. The highest BCUT2D eigenvalue weighted by Crippen LogP contribution is 2.33. The van der Waals surface area contributed by atoms with Crippen LogP contribution in [-0.2, 0) is 6.54 Å². The Morgan fingerprint density at radius 2 is 1.94 bits per heavy atom. The van der Waals surface area contributed by atoms with Crippen LogP contribution >= 0.6 is 0 Å². The number of nitrogens with two attached hydrogens (primary N) is 1. The van der Waals surface area contributed by atoms with E-state index in [1.54, 1.807) is 0 Å². The Morgan fingerprint density at radius 1 is 1.35 bits per heavy atom. The maximum absolute atomic E-state index is 6.51. The Balaban J connectivity index is 3.12. The van der Waals surface area contributed by atoms with Crippen molar-refractivity contribution in [1.82, 2.24) is 14.7 Å². The summed E-state index contributed by atoms with van der Waals surface area (Å²) >= 11 is 0. The molecule has 0 aromatic carbocycles.